The first-order chi connectivity index (χ1) is 21.3. The molecule has 2 N–H and O–H groups in total. The van der Waals surface area contributed by atoms with Crippen LogP contribution in [0.4, 0.5) is 0 Å². The highest BCUT2D eigenvalue weighted by Gasteiger charge is 2.29. The summed E-state index contributed by atoms with van der Waals surface area (Å²) >= 11 is 12.8. The molecule has 9 heteroatoms. The smallest absolute Gasteiger partial charge is 0.303 e. The van der Waals surface area contributed by atoms with Gasteiger partial charge in [0.1, 0.15) is 0 Å². The van der Waals surface area contributed by atoms with Gasteiger partial charge in [-0.1, -0.05) is 29.3 Å². The van der Waals surface area contributed by atoms with E-state index in [1.165, 1.54) is 36.8 Å². The first kappa shape index (κ1) is 33.2. The highest BCUT2D eigenvalue weighted by molar-refractivity contribution is 6.35. The van der Waals surface area contributed by atoms with Crippen LogP contribution in [0.25, 0.3) is 11.1 Å². The molecule has 2 aromatic carbocycles. The molecular formula is C35H48Cl2N4O3. The van der Waals surface area contributed by atoms with Gasteiger partial charge >= 0.3 is 5.97 Å². The van der Waals surface area contributed by atoms with Crippen LogP contribution in [0.3, 0.4) is 0 Å². The van der Waals surface area contributed by atoms with Crippen LogP contribution < -0.4 is 5.32 Å². The van der Waals surface area contributed by atoms with Crippen molar-refractivity contribution in [1.82, 2.24) is 20.0 Å². The van der Waals surface area contributed by atoms with Crippen LogP contribution in [-0.4, -0.2) is 84.5 Å². The molecule has 3 aliphatic heterocycles. The predicted octanol–water partition coefficient (Wildman–Crippen LogP) is 6.41. The number of nitrogens with zero attached hydrogens (tertiary/aromatic N) is 3. The van der Waals surface area contributed by atoms with E-state index in [4.69, 9.17) is 28.3 Å². The van der Waals surface area contributed by atoms with Crippen molar-refractivity contribution in [2.24, 2.45) is 17.8 Å². The SMILES string of the molecule is O=CNCC1CCN(Cc2cc(CN3CCC(C4CCN(CCCC(=O)O)CC4)CC3)cc(-c3cc(Cl)cc(Cl)c3)c2)CC1. The molecule has 3 heterocycles. The first-order valence-electron chi connectivity index (χ1n) is 16.5. The van der Waals surface area contributed by atoms with Gasteiger partial charge in [0.25, 0.3) is 0 Å². The topological polar surface area (TPSA) is 76.1 Å². The third kappa shape index (κ3) is 9.92. The van der Waals surface area contributed by atoms with E-state index in [1.807, 2.05) is 12.1 Å². The second-order valence-corrected chi connectivity index (χ2v) is 14.1. The molecule has 5 rings (SSSR count). The zero-order valence-corrected chi connectivity index (χ0v) is 27.4. The lowest BCUT2D eigenvalue weighted by Crippen LogP contribution is -2.40. The van der Waals surface area contributed by atoms with Gasteiger partial charge in [-0.25, -0.2) is 0 Å². The number of aliphatic carboxylic acids is 1. The molecule has 3 fully saturated rings. The quantitative estimate of drug-likeness (QED) is 0.246. The van der Waals surface area contributed by atoms with Gasteiger partial charge < -0.3 is 15.3 Å². The Hall–Kier alpha value is -2.16. The summed E-state index contributed by atoms with van der Waals surface area (Å²) in [6, 6.07) is 12.8. The van der Waals surface area contributed by atoms with Gasteiger partial charge in [0, 0.05) is 36.1 Å². The molecule has 0 bridgehead atoms. The van der Waals surface area contributed by atoms with E-state index in [0.717, 1.165) is 114 Å². The first-order valence-corrected chi connectivity index (χ1v) is 17.3. The van der Waals surface area contributed by atoms with Crippen molar-refractivity contribution >= 4 is 35.6 Å². The molecule has 0 unspecified atom stereocenters. The molecule has 3 saturated heterocycles. The van der Waals surface area contributed by atoms with Crippen molar-refractivity contribution < 1.29 is 14.7 Å². The summed E-state index contributed by atoms with van der Waals surface area (Å²) in [5, 5.41) is 13.1. The second kappa shape index (κ2) is 16.4. The number of carbonyl (C=O) groups excluding carboxylic acids is 1. The number of hydrogen-bond acceptors (Lipinski definition) is 5. The average molecular weight is 644 g/mol. The fourth-order valence-corrected chi connectivity index (χ4v) is 8.12. The van der Waals surface area contributed by atoms with E-state index in [0.29, 0.717) is 16.0 Å². The average Bonchev–Trinajstić information content (AvgIpc) is 3.01. The molecule has 0 atom stereocenters. The van der Waals surface area contributed by atoms with Crippen LogP contribution in [0, 0.1) is 17.8 Å². The molecule has 0 spiro atoms. The predicted molar refractivity (Wildman–Crippen MR) is 178 cm³/mol. The van der Waals surface area contributed by atoms with Gasteiger partial charge in [0.2, 0.25) is 6.41 Å². The Morgan fingerprint density at radius 3 is 1.77 bits per heavy atom. The highest BCUT2D eigenvalue weighted by atomic mass is 35.5. The number of nitrogens with one attached hydrogen (secondary N) is 1. The summed E-state index contributed by atoms with van der Waals surface area (Å²) in [5.41, 5.74) is 4.88. The van der Waals surface area contributed by atoms with Gasteiger partial charge in [-0.15, -0.1) is 0 Å². The number of piperidine rings is 3. The standard InChI is InChI=1S/C35H48Cl2N4O3/c36-33-19-32(20-34(37)21-33)31-17-27(23-40-10-3-26(4-11-40)22-38-25-42)16-28(18-31)24-41-14-7-30(8-15-41)29-5-12-39(13-6-29)9-1-2-35(43)44/h16-21,25-26,29-30H,1-15,22-24H2,(H,38,42)(H,43,44). The number of carbonyl (C=O) groups is 2. The zero-order chi connectivity index (χ0) is 30.9. The van der Waals surface area contributed by atoms with E-state index in [-0.39, 0.29) is 6.42 Å². The monoisotopic (exact) mass is 642 g/mol. The number of amides is 1. The van der Waals surface area contributed by atoms with Gasteiger partial charge in [0.05, 0.1) is 0 Å². The van der Waals surface area contributed by atoms with Crippen molar-refractivity contribution in [3.05, 3.63) is 57.6 Å². The Balaban J connectivity index is 1.18. The molecule has 0 aromatic heterocycles. The molecule has 240 valence electrons. The lowest BCUT2D eigenvalue weighted by molar-refractivity contribution is -0.137. The van der Waals surface area contributed by atoms with Crippen LogP contribution >= 0.6 is 23.2 Å². The van der Waals surface area contributed by atoms with E-state index in [9.17, 15) is 9.59 Å². The molecule has 3 aliphatic rings. The Kier molecular flexibility index (Phi) is 12.4. The van der Waals surface area contributed by atoms with Crippen molar-refractivity contribution in [1.29, 1.82) is 0 Å². The van der Waals surface area contributed by atoms with Crippen molar-refractivity contribution in [2.45, 2.75) is 64.5 Å². The largest absolute Gasteiger partial charge is 0.481 e. The van der Waals surface area contributed by atoms with Crippen LogP contribution in [0.5, 0.6) is 0 Å². The summed E-state index contributed by atoms with van der Waals surface area (Å²) in [7, 11) is 0. The van der Waals surface area contributed by atoms with Crippen molar-refractivity contribution in [2.75, 3.05) is 52.4 Å². The van der Waals surface area contributed by atoms with E-state index >= 15 is 0 Å². The third-order valence-electron chi connectivity index (χ3n) is 10.1. The lowest BCUT2D eigenvalue weighted by Gasteiger charge is -2.40. The Bertz CT molecular complexity index is 1220. The van der Waals surface area contributed by atoms with Gasteiger partial charge in [0.15, 0.2) is 0 Å². The fraction of sp³-hybridized carbons (Fsp3) is 0.600. The molecular weight excluding hydrogens is 595 g/mol. The maximum atomic E-state index is 10.8. The lowest BCUT2D eigenvalue weighted by atomic mass is 9.78. The maximum Gasteiger partial charge on any atom is 0.303 e. The van der Waals surface area contributed by atoms with Crippen LogP contribution in [-0.2, 0) is 22.7 Å². The maximum absolute atomic E-state index is 10.8. The normalized spacial score (nSPS) is 20.1. The summed E-state index contributed by atoms with van der Waals surface area (Å²) in [6.45, 7) is 10.1. The molecule has 7 nitrogen and oxygen atoms in total. The third-order valence-corrected chi connectivity index (χ3v) is 10.5. The van der Waals surface area contributed by atoms with Crippen molar-refractivity contribution in [3.63, 3.8) is 0 Å². The van der Waals surface area contributed by atoms with E-state index in [2.05, 4.69) is 38.2 Å². The van der Waals surface area contributed by atoms with E-state index in [1.54, 1.807) is 6.07 Å². The minimum Gasteiger partial charge on any atom is -0.481 e. The highest BCUT2D eigenvalue weighted by Crippen LogP contribution is 2.34. The van der Waals surface area contributed by atoms with Gasteiger partial charge in [-0.05, 0) is 161 Å². The summed E-state index contributed by atoms with van der Waals surface area (Å²) < 4.78 is 0. The van der Waals surface area contributed by atoms with Gasteiger partial charge in [-0.2, -0.15) is 0 Å². The number of hydrogen-bond donors (Lipinski definition) is 2. The second-order valence-electron chi connectivity index (χ2n) is 13.2. The van der Waals surface area contributed by atoms with Crippen molar-refractivity contribution in [3.8, 4) is 11.1 Å². The number of likely N-dealkylation sites (tertiary alicyclic amines) is 3. The summed E-state index contributed by atoms with van der Waals surface area (Å²) in [4.78, 5) is 29.2. The number of carboxylic acid groups (broad SMARTS) is 1. The Morgan fingerprint density at radius 2 is 1.25 bits per heavy atom. The molecule has 0 aliphatic carbocycles. The molecule has 2 aromatic rings. The van der Waals surface area contributed by atoms with E-state index < -0.39 is 5.97 Å². The fourth-order valence-electron chi connectivity index (χ4n) is 7.60. The van der Waals surface area contributed by atoms with Crippen LogP contribution in [0.2, 0.25) is 10.0 Å². The number of halogens is 2. The molecule has 0 saturated carbocycles. The van der Waals surface area contributed by atoms with Crippen LogP contribution in [0.15, 0.2) is 36.4 Å². The minimum absolute atomic E-state index is 0.273. The molecule has 1 amide bonds. The molecule has 44 heavy (non-hydrogen) atoms. The Labute approximate surface area is 272 Å². The number of rotatable bonds is 13. The summed E-state index contributed by atoms with van der Waals surface area (Å²) in [6.07, 6.45) is 9.06. The zero-order valence-electron chi connectivity index (χ0n) is 25.9. The minimum atomic E-state index is -0.690. The van der Waals surface area contributed by atoms with Gasteiger partial charge in [-0.3, -0.25) is 19.4 Å². The van der Waals surface area contributed by atoms with Crippen LogP contribution in [0.1, 0.15) is 62.5 Å². The molecule has 0 radical (unpaired) electrons. The summed E-state index contributed by atoms with van der Waals surface area (Å²) in [5.74, 6) is 1.47. The number of benzene rings is 2. The number of carboxylic acids is 1. The Morgan fingerprint density at radius 1 is 0.750 bits per heavy atom.